The highest BCUT2D eigenvalue weighted by molar-refractivity contribution is 7.89. The number of hydrogen-bond acceptors (Lipinski definition) is 5. The standard InChI is InChI=1S/C15H11FN4O3S/c16-10-1-4-12(5-2-10)20-9-14(15(20)21)19-24(22,23)13-6-3-11(7-17)18-8-13/h1-6,8,14,19H,9H2. The molecular weight excluding hydrogens is 335 g/mol. The molecule has 24 heavy (non-hydrogen) atoms. The predicted molar refractivity (Wildman–Crippen MR) is 81.8 cm³/mol. The van der Waals surface area contributed by atoms with E-state index in [1.807, 2.05) is 0 Å². The lowest BCUT2D eigenvalue weighted by Gasteiger charge is -2.38. The Bertz CT molecular complexity index is 921. The van der Waals surface area contributed by atoms with E-state index in [-0.39, 0.29) is 17.1 Å². The summed E-state index contributed by atoms with van der Waals surface area (Å²) >= 11 is 0. The number of β-lactam (4-membered cyclic amide) rings is 1. The van der Waals surface area contributed by atoms with Crippen LogP contribution in [0.15, 0.2) is 47.5 Å². The molecule has 7 nitrogen and oxygen atoms in total. The molecule has 1 unspecified atom stereocenters. The number of sulfonamides is 1. The minimum atomic E-state index is -3.92. The molecule has 9 heteroatoms. The lowest BCUT2D eigenvalue weighted by molar-refractivity contribution is -0.124. The maximum Gasteiger partial charge on any atom is 0.247 e. The summed E-state index contributed by atoms with van der Waals surface area (Å²) in [6.07, 6.45) is 1.06. The van der Waals surface area contributed by atoms with Crippen molar-refractivity contribution in [1.82, 2.24) is 9.71 Å². The van der Waals surface area contributed by atoms with E-state index < -0.39 is 27.8 Å². The summed E-state index contributed by atoms with van der Waals surface area (Å²) in [5, 5.41) is 8.66. The van der Waals surface area contributed by atoms with Crippen LogP contribution in [0.4, 0.5) is 10.1 Å². The van der Waals surface area contributed by atoms with Gasteiger partial charge in [-0.2, -0.15) is 9.98 Å². The van der Waals surface area contributed by atoms with E-state index >= 15 is 0 Å². The first-order chi connectivity index (χ1) is 11.4. The van der Waals surface area contributed by atoms with E-state index in [2.05, 4.69) is 9.71 Å². The van der Waals surface area contributed by atoms with Gasteiger partial charge in [-0.3, -0.25) is 4.79 Å². The second-order valence-corrected chi connectivity index (χ2v) is 6.80. The largest absolute Gasteiger partial charge is 0.309 e. The maximum absolute atomic E-state index is 12.9. The molecule has 1 saturated heterocycles. The first kappa shape index (κ1) is 16.0. The molecule has 0 aliphatic carbocycles. The summed E-state index contributed by atoms with van der Waals surface area (Å²) in [5.74, 6) is -0.843. The Balaban J connectivity index is 1.69. The Morgan fingerprint density at radius 3 is 2.50 bits per heavy atom. The van der Waals surface area contributed by atoms with E-state index in [4.69, 9.17) is 5.26 Å². The van der Waals surface area contributed by atoms with Crippen LogP contribution < -0.4 is 9.62 Å². The summed E-state index contributed by atoms with van der Waals surface area (Å²) in [6, 6.07) is 8.76. The number of benzene rings is 1. The van der Waals surface area contributed by atoms with Gasteiger partial charge in [-0.15, -0.1) is 0 Å². The van der Waals surface area contributed by atoms with Crippen LogP contribution in [0.5, 0.6) is 0 Å². The number of carbonyl (C=O) groups is 1. The van der Waals surface area contributed by atoms with Crippen LogP contribution >= 0.6 is 0 Å². The number of halogens is 1. The van der Waals surface area contributed by atoms with E-state index in [1.54, 1.807) is 6.07 Å². The van der Waals surface area contributed by atoms with E-state index in [9.17, 15) is 17.6 Å². The van der Waals surface area contributed by atoms with Crippen molar-refractivity contribution in [3.63, 3.8) is 0 Å². The zero-order chi connectivity index (χ0) is 17.3. The second-order valence-electron chi connectivity index (χ2n) is 5.09. The lowest BCUT2D eigenvalue weighted by Crippen LogP contribution is -2.64. The third-order valence-electron chi connectivity index (χ3n) is 3.53. The minimum Gasteiger partial charge on any atom is -0.309 e. The van der Waals surface area contributed by atoms with Gasteiger partial charge in [0.25, 0.3) is 0 Å². The van der Waals surface area contributed by atoms with Gasteiger partial charge in [0.2, 0.25) is 15.9 Å². The van der Waals surface area contributed by atoms with Crippen LogP contribution in [0.1, 0.15) is 5.69 Å². The molecule has 0 saturated carbocycles. The molecule has 0 radical (unpaired) electrons. The van der Waals surface area contributed by atoms with Crippen molar-refractivity contribution < 1.29 is 17.6 Å². The van der Waals surface area contributed by atoms with Crippen molar-refractivity contribution in [3.05, 3.63) is 54.1 Å². The fraction of sp³-hybridized carbons (Fsp3) is 0.133. The van der Waals surface area contributed by atoms with Gasteiger partial charge < -0.3 is 4.90 Å². The van der Waals surface area contributed by atoms with Crippen molar-refractivity contribution in [2.24, 2.45) is 0 Å². The Labute approximate surface area is 137 Å². The van der Waals surface area contributed by atoms with Crippen LogP contribution in [-0.2, 0) is 14.8 Å². The first-order valence-corrected chi connectivity index (χ1v) is 8.34. The minimum absolute atomic E-state index is 0.0937. The van der Waals surface area contributed by atoms with Crippen LogP contribution in [0.25, 0.3) is 0 Å². The Morgan fingerprint density at radius 2 is 1.96 bits per heavy atom. The number of anilines is 1. The van der Waals surface area contributed by atoms with Gasteiger partial charge in [-0.25, -0.2) is 17.8 Å². The van der Waals surface area contributed by atoms with Gasteiger partial charge in [0.05, 0.1) is 6.54 Å². The molecule has 0 bridgehead atoms. The van der Waals surface area contributed by atoms with Crippen LogP contribution in [0.3, 0.4) is 0 Å². The zero-order valence-corrected chi connectivity index (χ0v) is 13.0. The third-order valence-corrected chi connectivity index (χ3v) is 4.98. The normalized spacial score (nSPS) is 17.2. The van der Waals surface area contributed by atoms with Crippen LogP contribution in [0, 0.1) is 17.1 Å². The second kappa shape index (κ2) is 5.99. The molecule has 2 aromatic rings. The van der Waals surface area contributed by atoms with Crippen molar-refractivity contribution in [2.45, 2.75) is 10.9 Å². The summed E-state index contributed by atoms with van der Waals surface area (Å²) in [7, 11) is -3.92. The highest BCUT2D eigenvalue weighted by Crippen LogP contribution is 2.23. The number of amides is 1. The smallest absolute Gasteiger partial charge is 0.247 e. The fourth-order valence-electron chi connectivity index (χ4n) is 2.23. The molecule has 1 aliphatic heterocycles. The van der Waals surface area contributed by atoms with E-state index in [0.717, 1.165) is 6.20 Å². The average molecular weight is 346 g/mol. The number of nitrogens with one attached hydrogen (secondary N) is 1. The average Bonchev–Trinajstić information content (AvgIpc) is 2.59. The van der Waals surface area contributed by atoms with Gasteiger partial charge in [-0.05, 0) is 36.4 Å². The number of rotatable bonds is 4. The molecule has 0 spiro atoms. The van der Waals surface area contributed by atoms with E-state index in [1.165, 1.54) is 41.3 Å². The van der Waals surface area contributed by atoms with Crippen LogP contribution in [-0.4, -0.2) is 31.9 Å². The molecule has 1 aromatic heterocycles. The van der Waals surface area contributed by atoms with Gasteiger partial charge in [0.15, 0.2) is 0 Å². The zero-order valence-electron chi connectivity index (χ0n) is 12.2. The van der Waals surface area contributed by atoms with Crippen molar-refractivity contribution in [1.29, 1.82) is 5.26 Å². The fourth-order valence-corrected chi connectivity index (χ4v) is 3.35. The van der Waals surface area contributed by atoms with Crippen molar-refractivity contribution >= 4 is 21.6 Å². The summed E-state index contributed by atoms with van der Waals surface area (Å²) in [5.41, 5.74) is 0.591. The first-order valence-electron chi connectivity index (χ1n) is 6.86. The van der Waals surface area contributed by atoms with E-state index in [0.29, 0.717) is 5.69 Å². The highest BCUT2D eigenvalue weighted by Gasteiger charge is 2.40. The maximum atomic E-state index is 12.9. The monoisotopic (exact) mass is 346 g/mol. The van der Waals surface area contributed by atoms with Crippen molar-refractivity contribution in [2.75, 3.05) is 11.4 Å². The predicted octanol–water partition coefficient (Wildman–Crippen LogP) is 0.786. The van der Waals surface area contributed by atoms with Crippen LogP contribution in [0.2, 0.25) is 0 Å². The van der Waals surface area contributed by atoms with Gasteiger partial charge in [0, 0.05) is 11.9 Å². The molecule has 1 atom stereocenters. The molecule has 122 valence electrons. The topological polar surface area (TPSA) is 103 Å². The molecule has 3 rings (SSSR count). The molecule has 2 heterocycles. The van der Waals surface area contributed by atoms with Gasteiger partial charge in [-0.1, -0.05) is 0 Å². The number of nitrogens with zero attached hydrogens (tertiary/aromatic N) is 3. The number of hydrogen-bond donors (Lipinski definition) is 1. The molecular formula is C15H11FN4O3S. The molecule has 1 aliphatic rings. The number of carbonyl (C=O) groups excluding carboxylic acids is 1. The van der Waals surface area contributed by atoms with Crippen molar-refractivity contribution in [3.8, 4) is 6.07 Å². The Morgan fingerprint density at radius 1 is 1.25 bits per heavy atom. The molecule has 1 aromatic carbocycles. The summed E-state index contributed by atoms with van der Waals surface area (Å²) in [4.78, 5) is 17.0. The van der Waals surface area contributed by atoms with Gasteiger partial charge in [0.1, 0.15) is 28.5 Å². The molecule has 1 amide bonds. The quantitative estimate of drug-likeness (QED) is 0.824. The Kier molecular flexibility index (Phi) is 4.01. The summed E-state index contributed by atoms with van der Waals surface area (Å²) in [6.45, 7) is 0.146. The number of aromatic nitrogens is 1. The Hall–Kier alpha value is -2.83. The molecule has 1 N–H and O–H groups in total. The number of nitriles is 1. The SMILES string of the molecule is N#Cc1ccc(S(=O)(=O)NC2CN(c3ccc(F)cc3)C2=O)cn1. The lowest BCUT2D eigenvalue weighted by atomic mass is 10.1. The molecule has 1 fully saturated rings. The summed E-state index contributed by atoms with van der Waals surface area (Å²) < 4.78 is 39.6. The number of pyridine rings is 1. The third kappa shape index (κ3) is 2.97. The highest BCUT2D eigenvalue weighted by atomic mass is 32.2. The van der Waals surface area contributed by atoms with Gasteiger partial charge >= 0.3 is 0 Å².